The Morgan fingerprint density at radius 1 is 1.05 bits per heavy atom. The van der Waals surface area contributed by atoms with Crippen molar-refractivity contribution in [2.75, 3.05) is 6.54 Å². The van der Waals surface area contributed by atoms with E-state index >= 15 is 0 Å². The van der Waals surface area contributed by atoms with Gasteiger partial charge in [-0.15, -0.1) is 0 Å². The summed E-state index contributed by atoms with van der Waals surface area (Å²) in [5.41, 5.74) is 7.17. The van der Waals surface area contributed by atoms with Gasteiger partial charge in [-0.2, -0.15) is 0 Å². The monoisotopic (exact) mass is 293 g/mol. The van der Waals surface area contributed by atoms with Gasteiger partial charge in [0.2, 0.25) is 0 Å². The molecule has 4 rings (SSSR count). The van der Waals surface area contributed by atoms with Crippen molar-refractivity contribution in [2.24, 2.45) is 39.7 Å². The third-order valence-electron chi connectivity index (χ3n) is 6.82. The molecule has 21 heavy (non-hydrogen) atoms. The van der Waals surface area contributed by atoms with Gasteiger partial charge in [0.25, 0.3) is 0 Å². The van der Waals surface area contributed by atoms with E-state index in [0.717, 1.165) is 12.3 Å². The summed E-state index contributed by atoms with van der Waals surface area (Å²) in [5, 5.41) is 11.3. The molecule has 2 heteroatoms. The second-order valence-corrected chi connectivity index (χ2v) is 10.1. The summed E-state index contributed by atoms with van der Waals surface area (Å²) in [6, 6.07) is 0. The highest BCUT2D eigenvalue weighted by Gasteiger charge is 2.62. The maximum absolute atomic E-state index is 11.3. The van der Waals surface area contributed by atoms with Crippen LogP contribution >= 0.6 is 0 Å². The van der Waals surface area contributed by atoms with Crippen LogP contribution in [0.15, 0.2) is 0 Å². The van der Waals surface area contributed by atoms with E-state index in [-0.39, 0.29) is 17.4 Å². The zero-order valence-electron chi connectivity index (χ0n) is 14.5. The van der Waals surface area contributed by atoms with E-state index in [9.17, 15) is 5.11 Å². The lowest BCUT2D eigenvalue weighted by atomic mass is 9.39. The molecule has 3 N–H and O–H groups in total. The highest BCUT2D eigenvalue weighted by Crippen LogP contribution is 2.70. The number of rotatable bonds is 5. The van der Waals surface area contributed by atoms with Crippen molar-refractivity contribution in [1.82, 2.24) is 0 Å². The number of nitrogens with two attached hydrogens (primary N) is 1. The van der Waals surface area contributed by atoms with Crippen molar-refractivity contribution in [2.45, 2.75) is 78.7 Å². The number of hydrogen-bond donors (Lipinski definition) is 2. The molecule has 0 aliphatic heterocycles. The average molecular weight is 293 g/mol. The van der Waals surface area contributed by atoms with Crippen molar-refractivity contribution in [1.29, 1.82) is 0 Å². The Kier molecular flexibility index (Phi) is 3.73. The van der Waals surface area contributed by atoms with E-state index in [2.05, 4.69) is 27.7 Å². The number of aliphatic hydroxyl groups excluding tert-OH is 1. The Morgan fingerprint density at radius 3 is 2.05 bits per heavy atom. The predicted molar refractivity (Wildman–Crippen MR) is 87.8 cm³/mol. The fourth-order valence-electron chi connectivity index (χ4n) is 7.33. The summed E-state index contributed by atoms with van der Waals surface area (Å²) in [4.78, 5) is 0. The Morgan fingerprint density at radius 2 is 1.62 bits per heavy atom. The van der Waals surface area contributed by atoms with E-state index in [1.165, 1.54) is 38.5 Å². The molecule has 0 amide bonds. The molecule has 2 nitrogen and oxygen atoms in total. The first-order valence-electron chi connectivity index (χ1n) is 9.07. The molecule has 4 saturated carbocycles. The van der Waals surface area contributed by atoms with Crippen LogP contribution in [0.1, 0.15) is 72.6 Å². The highest BCUT2D eigenvalue weighted by molar-refractivity contribution is 5.13. The molecule has 4 unspecified atom stereocenters. The summed E-state index contributed by atoms with van der Waals surface area (Å²) in [5.74, 6) is 1.75. The largest absolute Gasteiger partial charge is 0.392 e. The van der Waals surface area contributed by atoms with Crippen LogP contribution in [-0.4, -0.2) is 17.8 Å². The molecule has 4 bridgehead atoms. The van der Waals surface area contributed by atoms with Crippen molar-refractivity contribution in [3.63, 3.8) is 0 Å². The highest BCUT2D eigenvalue weighted by atomic mass is 16.3. The van der Waals surface area contributed by atoms with Crippen molar-refractivity contribution in [3.05, 3.63) is 0 Å². The van der Waals surface area contributed by atoms with E-state index in [4.69, 9.17) is 5.73 Å². The maximum atomic E-state index is 11.3. The number of hydrogen-bond acceptors (Lipinski definition) is 2. The van der Waals surface area contributed by atoms with Gasteiger partial charge in [0.1, 0.15) is 0 Å². The first-order valence-corrected chi connectivity index (χ1v) is 9.07. The van der Waals surface area contributed by atoms with Crippen molar-refractivity contribution >= 4 is 0 Å². The summed E-state index contributed by atoms with van der Waals surface area (Å²) >= 11 is 0. The molecule has 0 spiro atoms. The molecule has 4 fully saturated rings. The summed E-state index contributed by atoms with van der Waals surface area (Å²) < 4.78 is 0. The molecule has 0 aromatic rings. The van der Waals surface area contributed by atoms with Crippen LogP contribution < -0.4 is 5.73 Å². The standard InChI is InChI=1S/C19H35NO/c1-13(2)5-15(9-20)16(21)19-8-14-6-17(3,11-19)10-18(4,7-14)12-19/h13-16,21H,5-12,20H2,1-4H3. The van der Waals surface area contributed by atoms with Gasteiger partial charge in [-0.3, -0.25) is 0 Å². The van der Waals surface area contributed by atoms with E-state index < -0.39 is 0 Å². The van der Waals surface area contributed by atoms with Crippen LogP contribution in [0.4, 0.5) is 0 Å². The topological polar surface area (TPSA) is 46.2 Å². The van der Waals surface area contributed by atoms with Gasteiger partial charge in [0, 0.05) is 0 Å². The molecule has 4 atom stereocenters. The lowest BCUT2D eigenvalue weighted by Gasteiger charge is -2.67. The summed E-state index contributed by atoms with van der Waals surface area (Å²) in [7, 11) is 0. The SMILES string of the molecule is CC(C)CC(CN)C(O)C12CC3CC(C)(CC(C)(C3)C1)C2. The Balaban J connectivity index is 1.86. The first-order chi connectivity index (χ1) is 9.69. The molecular weight excluding hydrogens is 258 g/mol. The van der Waals surface area contributed by atoms with Crippen LogP contribution in [-0.2, 0) is 0 Å². The van der Waals surface area contributed by atoms with Gasteiger partial charge < -0.3 is 10.8 Å². The minimum absolute atomic E-state index is 0.168. The average Bonchev–Trinajstić information content (AvgIpc) is 2.30. The van der Waals surface area contributed by atoms with Crippen molar-refractivity contribution < 1.29 is 5.11 Å². The van der Waals surface area contributed by atoms with Gasteiger partial charge in [-0.25, -0.2) is 0 Å². The van der Waals surface area contributed by atoms with Crippen molar-refractivity contribution in [3.8, 4) is 0 Å². The van der Waals surface area contributed by atoms with E-state index in [1.54, 1.807) is 0 Å². The molecule has 0 aromatic heterocycles. The van der Waals surface area contributed by atoms with Gasteiger partial charge in [-0.1, -0.05) is 27.7 Å². The minimum Gasteiger partial charge on any atom is -0.392 e. The zero-order chi connectivity index (χ0) is 15.5. The molecular formula is C19H35NO. The Bertz CT molecular complexity index is 386. The van der Waals surface area contributed by atoms with Crippen LogP contribution in [0.2, 0.25) is 0 Å². The second-order valence-electron chi connectivity index (χ2n) is 10.1. The lowest BCUT2D eigenvalue weighted by molar-refractivity contribution is -0.196. The van der Waals surface area contributed by atoms with Crippen LogP contribution in [0, 0.1) is 34.0 Å². The van der Waals surface area contributed by atoms with Crippen LogP contribution in [0.5, 0.6) is 0 Å². The molecule has 122 valence electrons. The molecule has 0 heterocycles. The fourth-order valence-corrected chi connectivity index (χ4v) is 7.33. The minimum atomic E-state index is -0.188. The van der Waals surface area contributed by atoms with Gasteiger partial charge in [-0.05, 0) is 85.5 Å². The maximum Gasteiger partial charge on any atom is 0.0637 e. The smallest absolute Gasteiger partial charge is 0.0637 e. The first kappa shape index (κ1) is 15.8. The van der Waals surface area contributed by atoms with Crippen LogP contribution in [0.25, 0.3) is 0 Å². The normalized spacial score (nSPS) is 47.9. The quantitative estimate of drug-likeness (QED) is 0.806. The van der Waals surface area contributed by atoms with E-state index in [0.29, 0.717) is 23.3 Å². The fraction of sp³-hybridized carbons (Fsp3) is 1.00. The van der Waals surface area contributed by atoms with Gasteiger partial charge in [0.05, 0.1) is 6.10 Å². The molecule has 0 radical (unpaired) electrons. The lowest BCUT2D eigenvalue weighted by Crippen LogP contribution is -2.60. The molecule has 0 aromatic carbocycles. The Labute approximate surface area is 130 Å². The zero-order valence-corrected chi connectivity index (χ0v) is 14.5. The molecule has 4 aliphatic rings. The summed E-state index contributed by atoms with van der Waals surface area (Å²) in [6.45, 7) is 10.1. The third kappa shape index (κ3) is 2.67. The van der Waals surface area contributed by atoms with Gasteiger partial charge >= 0.3 is 0 Å². The molecule has 0 saturated heterocycles. The third-order valence-corrected chi connectivity index (χ3v) is 6.82. The number of aliphatic hydroxyl groups is 1. The van der Waals surface area contributed by atoms with Gasteiger partial charge in [0.15, 0.2) is 0 Å². The molecule has 4 aliphatic carbocycles. The summed E-state index contributed by atoms with van der Waals surface area (Å²) in [6.07, 6.45) is 8.78. The second kappa shape index (κ2) is 4.96. The predicted octanol–water partition coefficient (Wildman–Crippen LogP) is 3.96. The van der Waals surface area contributed by atoms with E-state index in [1.807, 2.05) is 0 Å². The van der Waals surface area contributed by atoms with Crippen LogP contribution in [0.3, 0.4) is 0 Å². The Hall–Kier alpha value is -0.0800.